The number of aromatic amines is 1. The van der Waals surface area contributed by atoms with Gasteiger partial charge >= 0.3 is 13.2 Å². The van der Waals surface area contributed by atoms with Gasteiger partial charge < -0.3 is 19.0 Å². The molecule has 0 spiro atoms. The number of carbonyl (C=O) groups is 1. The number of likely N-dealkylation sites (tertiary alicyclic amines) is 1. The molecule has 1 aromatic heterocycles. The molecule has 7 nitrogen and oxygen atoms in total. The highest BCUT2D eigenvalue weighted by Crippen LogP contribution is 2.37. The minimum atomic E-state index is -0.630. The minimum Gasteiger partial charge on any atom is -0.444 e. The predicted octanol–water partition coefficient (Wildman–Crippen LogP) is 4.90. The van der Waals surface area contributed by atoms with Crippen LogP contribution < -0.4 is 5.46 Å². The van der Waals surface area contributed by atoms with Gasteiger partial charge in [0.15, 0.2) is 0 Å². The Balaban J connectivity index is 1.46. The molecule has 0 radical (unpaired) electrons. The van der Waals surface area contributed by atoms with Crippen molar-refractivity contribution >= 4 is 40.5 Å². The van der Waals surface area contributed by atoms with Crippen molar-refractivity contribution in [2.45, 2.75) is 77.2 Å². The second kappa shape index (κ2) is 7.65. The average Bonchev–Trinajstić information content (AvgIpc) is 3.42. The predicted molar refractivity (Wildman–Crippen MR) is 134 cm³/mol. The molecule has 0 bridgehead atoms. The number of hydrogen-bond donors (Lipinski definition) is 1. The fourth-order valence-electron chi connectivity index (χ4n) is 4.66. The lowest BCUT2D eigenvalue weighted by molar-refractivity contribution is 0.0219. The molecule has 3 aromatic rings. The first-order valence-corrected chi connectivity index (χ1v) is 12.0. The molecule has 2 aromatic carbocycles. The number of nitrogens with zero attached hydrogens (tertiary/aromatic N) is 2. The normalized spacial score (nSPS) is 24.9. The van der Waals surface area contributed by atoms with Gasteiger partial charge in [-0.3, -0.25) is 4.90 Å². The number of benzene rings is 2. The summed E-state index contributed by atoms with van der Waals surface area (Å²) >= 11 is 0. The van der Waals surface area contributed by atoms with Crippen LogP contribution in [-0.2, 0) is 14.0 Å². The monoisotopic (exact) mass is 462 g/mol. The molecule has 0 saturated carbocycles. The smallest absolute Gasteiger partial charge is 0.444 e. The molecule has 1 N–H and O–H groups in total. The molecule has 8 heteroatoms. The molecular weight excluding hydrogens is 429 g/mol. The average molecular weight is 462 g/mol. The Kier molecular flexibility index (Phi) is 5.19. The van der Waals surface area contributed by atoms with Crippen LogP contribution in [0.5, 0.6) is 0 Å². The Morgan fingerprint density at radius 1 is 1.24 bits per heavy atom. The lowest BCUT2D eigenvalue weighted by Crippen LogP contribution is -2.42. The number of fused-ring (bicyclic) bond motifs is 3. The van der Waals surface area contributed by atoms with E-state index in [1.165, 1.54) is 0 Å². The molecule has 2 saturated heterocycles. The van der Waals surface area contributed by atoms with Crippen molar-refractivity contribution in [3.05, 3.63) is 43.1 Å². The van der Waals surface area contributed by atoms with Crippen LogP contribution in [0.2, 0.25) is 0 Å². The number of hydrogen-bond acceptors (Lipinski definition) is 5. The van der Waals surface area contributed by atoms with E-state index in [2.05, 4.69) is 30.1 Å². The van der Waals surface area contributed by atoms with Crippen LogP contribution in [0.3, 0.4) is 0 Å². The maximum atomic E-state index is 12.8. The zero-order valence-electron chi connectivity index (χ0n) is 20.9. The molecule has 3 heterocycles. The van der Waals surface area contributed by atoms with Gasteiger partial charge in [0.2, 0.25) is 5.60 Å². The maximum absolute atomic E-state index is 12.8. The summed E-state index contributed by atoms with van der Waals surface area (Å²) in [5, 5.41) is 2.10. The SMILES string of the molecule is [CH2+]C1(C)OB(c2ccc3c(ccc4[nH]c([C@@H]5CCCN5C(=O)OC(C)(C)C)nc43)c2)OC1(C)C. The Morgan fingerprint density at radius 3 is 2.68 bits per heavy atom. The lowest BCUT2D eigenvalue weighted by atomic mass is 9.78. The number of H-pyrrole nitrogens is 1. The van der Waals surface area contributed by atoms with Gasteiger partial charge in [-0.15, -0.1) is 0 Å². The summed E-state index contributed by atoms with van der Waals surface area (Å²) in [4.78, 5) is 22.9. The molecule has 2 aliphatic heterocycles. The standard InChI is InChI=1S/C26H33BN3O4/c1-24(2,3)32-23(31)30-14-8-9-20(30)22-28-19-13-10-16-15-17(11-12-18(16)21(19)29-22)27-33-25(4,5)26(6,7)34-27/h10-13,15,20H,4,8-9,14H2,1-3,5-7H3,(H,28,29)/q+1/t20-,25?/m0/s1. The quantitative estimate of drug-likeness (QED) is 0.433. The summed E-state index contributed by atoms with van der Waals surface area (Å²) < 4.78 is 17.9. The molecule has 5 rings (SSSR count). The summed E-state index contributed by atoms with van der Waals surface area (Å²) in [5.41, 5.74) is 1.15. The van der Waals surface area contributed by atoms with Crippen LogP contribution in [0.15, 0.2) is 30.3 Å². The lowest BCUT2D eigenvalue weighted by Gasteiger charge is -2.27. The fraction of sp³-hybridized carbons (Fsp3) is 0.500. The molecule has 0 aliphatic carbocycles. The van der Waals surface area contributed by atoms with Gasteiger partial charge in [0.1, 0.15) is 17.0 Å². The van der Waals surface area contributed by atoms with Gasteiger partial charge in [-0.2, -0.15) is 0 Å². The second-order valence-electron chi connectivity index (χ2n) is 11.2. The van der Waals surface area contributed by atoms with E-state index < -0.39 is 23.9 Å². The minimum absolute atomic E-state index is 0.117. The van der Waals surface area contributed by atoms with E-state index in [9.17, 15) is 4.79 Å². The first-order valence-electron chi connectivity index (χ1n) is 12.0. The van der Waals surface area contributed by atoms with Crippen LogP contribution in [0.4, 0.5) is 4.79 Å². The van der Waals surface area contributed by atoms with E-state index in [1.54, 1.807) is 4.90 Å². The zero-order valence-corrected chi connectivity index (χ0v) is 20.9. The fourth-order valence-corrected chi connectivity index (χ4v) is 4.66. The van der Waals surface area contributed by atoms with E-state index >= 15 is 0 Å². The number of ether oxygens (including phenoxy) is 1. The van der Waals surface area contributed by atoms with Crippen molar-refractivity contribution in [1.29, 1.82) is 0 Å². The first-order chi connectivity index (χ1) is 15.8. The largest absolute Gasteiger partial charge is 0.498 e. The highest BCUT2D eigenvalue weighted by molar-refractivity contribution is 6.62. The summed E-state index contributed by atoms with van der Waals surface area (Å²) in [5.74, 6) is 0.798. The Labute approximate surface area is 201 Å². The van der Waals surface area contributed by atoms with Gasteiger partial charge in [0.05, 0.1) is 24.0 Å². The molecular formula is C26H33BN3O4+. The molecule has 2 fully saturated rings. The van der Waals surface area contributed by atoms with Crippen molar-refractivity contribution in [3.63, 3.8) is 0 Å². The van der Waals surface area contributed by atoms with Gasteiger partial charge in [-0.25, -0.2) is 9.78 Å². The zero-order chi connectivity index (χ0) is 24.5. The van der Waals surface area contributed by atoms with E-state index in [4.69, 9.17) is 19.0 Å². The summed E-state index contributed by atoms with van der Waals surface area (Å²) in [6.07, 6.45) is 1.49. The van der Waals surface area contributed by atoms with Crippen LogP contribution in [-0.4, -0.2) is 51.4 Å². The molecule has 1 amide bonds. The third-order valence-electron chi connectivity index (χ3n) is 7.02. The molecule has 178 valence electrons. The number of imidazole rings is 1. The third-order valence-corrected chi connectivity index (χ3v) is 7.02. The van der Waals surface area contributed by atoms with Gasteiger partial charge in [-0.05, 0) is 64.4 Å². The topological polar surface area (TPSA) is 76.7 Å². The number of aromatic nitrogens is 2. The molecule has 1 unspecified atom stereocenters. The highest BCUT2D eigenvalue weighted by atomic mass is 16.7. The molecule has 2 aliphatic rings. The van der Waals surface area contributed by atoms with E-state index in [0.717, 1.165) is 45.9 Å². The first kappa shape index (κ1) is 23.1. The maximum Gasteiger partial charge on any atom is 0.498 e. The Morgan fingerprint density at radius 2 is 2.00 bits per heavy atom. The molecule has 2 atom stereocenters. The van der Waals surface area contributed by atoms with E-state index in [0.29, 0.717) is 6.54 Å². The Bertz CT molecular complexity index is 1240. The van der Waals surface area contributed by atoms with Gasteiger partial charge in [0, 0.05) is 18.9 Å². The van der Waals surface area contributed by atoms with Crippen LogP contribution in [0.1, 0.15) is 66.3 Å². The van der Waals surface area contributed by atoms with Crippen molar-refractivity contribution in [2.24, 2.45) is 0 Å². The van der Waals surface area contributed by atoms with Crippen molar-refractivity contribution < 1.29 is 18.8 Å². The van der Waals surface area contributed by atoms with Crippen LogP contribution in [0, 0.1) is 6.92 Å². The van der Waals surface area contributed by atoms with E-state index in [1.807, 2.05) is 53.7 Å². The third kappa shape index (κ3) is 3.93. The highest BCUT2D eigenvalue weighted by Gasteiger charge is 2.57. The van der Waals surface area contributed by atoms with Crippen LogP contribution >= 0.6 is 0 Å². The van der Waals surface area contributed by atoms with Crippen molar-refractivity contribution in [1.82, 2.24) is 14.9 Å². The summed E-state index contributed by atoms with van der Waals surface area (Å²) in [7, 11) is -0.465. The van der Waals surface area contributed by atoms with Gasteiger partial charge in [-0.1, -0.05) is 24.3 Å². The van der Waals surface area contributed by atoms with Gasteiger partial charge in [0.25, 0.3) is 0 Å². The van der Waals surface area contributed by atoms with E-state index in [-0.39, 0.29) is 12.1 Å². The number of carbonyl (C=O) groups excluding carboxylic acids is 1. The Hall–Kier alpha value is -2.71. The summed E-state index contributed by atoms with van der Waals surface area (Å²) in [6, 6.07) is 10.2. The van der Waals surface area contributed by atoms with Crippen molar-refractivity contribution in [2.75, 3.05) is 6.54 Å². The number of amides is 1. The molecule has 34 heavy (non-hydrogen) atoms. The second-order valence-corrected chi connectivity index (χ2v) is 11.2. The van der Waals surface area contributed by atoms with Crippen molar-refractivity contribution in [3.8, 4) is 0 Å². The number of rotatable bonds is 2. The van der Waals surface area contributed by atoms with Crippen LogP contribution in [0.25, 0.3) is 21.8 Å². The summed E-state index contributed by atoms with van der Waals surface area (Å²) in [6.45, 7) is 16.5. The number of nitrogens with one attached hydrogen (secondary N) is 1.